The number of nitrogens with zero attached hydrogens (tertiary/aromatic N) is 1. The molecule has 4 nitrogen and oxygen atoms in total. The molecule has 6 heteroatoms. The van der Waals surface area contributed by atoms with Gasteiger partial charge in [-0.15, -0.1) is 12.4 Å². The Morgan fingerprint density at radius 1 is 1.52 bits per heavy atom. The summed E-state index contributed by atoms with van der Waals surface area (Å²) < 4.78 is 6.29. The van der Waals surface area contributed by atoms with Crippen molar-refractivity contribution in [1.29, 1.82) is 0 Å². The van der Waals surface area contributed by atoms with Crippen molar-refractivity contribution in [3.63, 3.8) is 0 Å². The predicted molar refractivity (Wildman–Crippen MR) is 100 cm³/mol. The van der Waals surface area contributed by atoms with Gasteiger partial charge in [-0.05, 0) is 56.6 Å². The molecule has 0 saturated carbocycles. The van der Waals surface area contributed by atoms with E-state index in [1.807, 2.05) is 36.2 Å². The molecule has 1 unspecified atom stereocenters. The van der Waals surface area contributed by atoms with Gasteiger partial charge in [0.05, 0.1) is 7.11 Å². The molecule has 1 N–H and O–H groups in total. The predicted octanol–water partition coefficient (Wildman–Crippen LogP) is 3.35. The second kappa shape index (κ2) is 9.96. The van der Waals surface area contributed by atoms with Crippen molar-refractivity contribution in [1.82, 2.24) is 10.2 Å². The van der Waals surface area contributed by atoms with Crippen molar-refractivity contribution in [2.45, 2.75) is 12.8 Å². The largest absolute Gasteiger partial charge is 0.496 e. The lowest BCUT2D eigenvalue weighted by Gasteiger charge is -2.32. The van der Waals surface area contributed by atoms with E-state index in [-0.39, 0.29) is 18.3 Å². The molecule has 1 aliphatic heterocycles. The molecule has 0 bridgehead atoms. The van der Waals surface area contributed by atoms with Crippen LogP contribution in [0.15, 0.2) is 28.7 Å². The molecule has 1 aliphatic rings. The number of carbonyl (C=O) groups excluding carboxylic acids is 1. The number of benzene rings is 1. The number of hydrogen-bond acceptors (Lipinski definition) is 3. The quantitative estimate of drug-likeness (QED) is 0.767. The van der Waals surface area contributed by atoms with E-state index in [4.69, 9.17) is 4.74 Å². The van der Waals surface area contributed by atoms with Gasteiger partial charge in [0, 0.05) is 29.2 Å². The molecule has 1 heterocycles. The van der Waals surface area contributed by atoms with Crippen molar-refractivity contribution in [2.75, 3.05) is 33.8 Å². The highest BCUT2D eigenvalue weighted by Crippen LogP contribution is 2.24. The van der Waals surface area contributed by atoms with Crippen LogP contribution in [0.25, 0.3) is 6.08 Å². The number of ether oxygens (including phenoxy) is 1. The summed E-state index contributed by atoms with van der Waals surface area (Å²) in [5, 5.41) is 3.20. The van der Waals surface area contributed by atoms with E-state index in [0.717, 1.165) is 41.8 Å². The van der Waals surface area contributed by atoms with Crippen LogP contribution in [0.1, 0.15) is 18.4 Å². The normalized spacial score (nSPS) is 17.9. The maximum atomic E-state index is 12.4. The van der Waals surface area contributed by atoms with Gasteiger partial charge >= 0.3 is 0 Å². The summed E-state index contributed by atoms with van der Waals surface area (Å²) in [6.07, 6.45) is 5.74. The van der Waals surface area contributed by atoms with E-state index in [2.05, 4.69) is 21.2 Å². The fourth-order valence-corrected chi connectivity index (χ4v) is 3.20. The lowest BCUT2D eigenvalue weighted by molar-refractivity contribution is -0.127. The second-order valence-electron chi connectivity index (χ2n) is 5.57. The SMILES string of the molecule is CNCC1CCCN(C(=O)/C=C/c2cc(Br)ccc2OC)C1.Cl. The first-order valence-corrected chi connectivity index (χ1v) is 8.38. The van der Waals surface area contributed by atoms with E-state index >= 15 is 0 Å². The van der Waals surface area contributed by atoms with Gasteiger partial charge in [-0.3, -0.25) is 4.79 Å². The number of rotatable bonds is 5. The van der Waals surface area contributed by atoms with Crippen LogP contribution in [0.3, 0.4) is 0 Å². The summed E-state index contributed by atoms with van der Waals surface area (Å²) in [5.74, 6) is 1.39. The number of halogens is 2. The Hall–Kier alpha value is -1.04. The van der Waals surface area contributed by atoms with Gasteiger partial charge in [0.2, 0.25) is 5.91 Å². The van der Waals surface area contributed by atoms with Crippen LogP contribution in [0.5, 0.6) is 5.75 Å². The summed E-state index contributed by atoms with van der Waals surface area (Å²) in [6.45, 7) is 2.64. The van der Waals surface area contributed by atoms with E-state index < -0.39 is 0 Å². The molecule has 0 radical (unpaired) electrons. The fraction of sp³-hybridized carbons (Fsp3) is 0.471. The number of carbonyl (C=O) groups is 1. The first-order chi connectivity index (χ1) is 10.6. The van der Waals surface area contributed by atoms with Gasteiger partial charge in [-0.25, -0.2) is 0 Å². The third-order valence-corrected chi connectivity index (χ3v) is 4.41. The molecule has 1 saturated heterocycles. The molecule has 2 rings (SSSR count). The maximum Gasteiger partial charge on any atom is 0.246 e. The van der Waals surface area contributed by atoms with Crippen molar-refractivity contribution in [3.05, 3.63) is 34.3 Å². The summed E-state index contributed by atoms with van der Waals surface area (Å²) in [5.41, 5.74) is 0.897. The summed E-state index contributed by atoms with van der Waals surface area (Å²) in [6, 6.07) is 5.76. The molecule has 0 spiro atoms. The maximum absolute atomic E-state index is 12.4. The molecule has 1 amide bonds. The molecule has 128 valence electrons. The van der Waals surface area contributed by atoms with Gasteiger partial charge in [-0.1, -0.05) is 15.9 Å². The highest BCUT2D eigenvalue weighted by molar-refractivity contribution is 9.10. The Kier molecular flexibility index (Phi) is 8.66. The molecule has 23 heavy (non-hydrogen) atoms. The van der Waals surface area contributed by atoms with E-state index in [1.165, 1.54) is 6.42 Å². The monoisotopic (exact) mass is 402 g/mol. The first kappa shape index (κ1) is 20.0. The van der Waals surface area contributed by atoms with Gasteiger partial charge in [0.25, 0.3) is 0 Å². The lowest BCUT2D eigenvalue weighted by atomic mass is 9.98. The molecular weight excluding hydrogens is 380 g/mol. The van der Waals surface area contributed by atoms with Crippen LogP contribution in [-0.4, -0.2) is 44.6 Å². The highest BCUT2D eigenvalue weighted by atomic mass is 79.9. The second-order valence-corrected chi connectivity index (χ2v) is 6.49. The molecule has 1 aromatic rings. The minimum atomic E-state index is 0. The minimum Gasteiger partial charge on any atom is -0.496 e. The average molecular weight is 404 g/mol. The zero-order valence-corrected chi connectivity index (χ0v) is 16.0. The molecule has 1 atom stereocenters. The third-order valence-electron chi connectivity index (χ3n) is 3.92. The summed E-state index contributed by atoms with van der Waals surface area (Å²) in [7, 11) is 3.59. The topological polar surface area (TPSA) is 41.6 Å². The van der Waals surface area contributed by atoms with Crippen molar-refractivity contribution in [2.24, 2.45) is 5.92 Å². The van der Waals surface area contributed by atoms with Gasteiger partial charge in [-0.2, -0.15) is 0 Å². The van der Waals surface area contributed by atoms with E-state index in [0.29, 0.717) is 5.92 Å². The van der Waals surface area contributed by atoms with Crippen LogP contribution >= 0.6 is 28.3 Å². The number of amides is 1. The van der Waals surface area contributed by atoms with Crippen LogP contribution < -0.4 is 10.1 Å². The zero-order chi connectivity index (χ0) is 15.9. The van der Waals surface area contributed by atoms with Crippen LogP contribution in [-0.2, 0) is 4.79 Å². The van der Waals surface area contributed by atoms with Gasteiger partial charge in [0.1, 0.15) is 5.75 Å². The van der Waals surface area contributed by atoms with Gasteiger partial charge < -0.3 is 15.0 Å². The zero-order valence-electron chi connectivity index (χ0n) is 13.5. The van der Waals surface area contributed by atoms with E-state index in [9.17, 15) is 4.79 Å². The van der Waals surface area contributed by atoms with Gasteiger partial charge in [0.15, 0.2) is 0 Å². The number of likely N-dealkylation sites (tertiary alicyclic amines) is 1. The summed E-state index contributed by atoms with van der Waals surface area (Å²) in [4.78, 5) is 14.3. The van der Waals surface area contributed by atoms with Crippen LogP contribution in [0.4, 0.5) is 0 Å². The first-order valence-electron chi connectivity index (χ1n) is 7.59. The number of nitrogens with one attached hydrogen (secondary N) is 1. The highest BCUT2D eigenvalue weighted by Gasteiger charge is 2.21. The smallest absolute Gasteiger partial charge is 0.246 e. The third kappa shape index (κ3) is 5.83. The molecular formula is C17H24BrClN2O2. The fourth-order valence-electron chi connectivity index (χ4n) is 2.82. The molecule has 1 fully saturated rings. The Labute approximate surface area is 152 Å². The summed E-state index contributed by atoms with van der Waals surface area (Å²) >= 11 is 3.44. The number of methoxy groups -OCH3 is 1. The van der Waals surface area contributed by atoms with Crippen LogP contribution in [0, 0.1) is 5.92 Å². The molecule has 1 aromatic carbocycles. The van der Waals surface area contributed by atoms with Crippen LogP contribution in [0.2, 0.25) is 0 Å². The minimum absolute atomic E-state index is 0. The number of hydrogen-bond donors (Lipinski definition) is 1. The Morgan fingerprint density at radius 3 is 3.00 bits per heavy atom. The Morgan fingerprint density at radius 2 is 2.30 bits per heavy atom. The standard InChI is InChI=1S/C17H23BrN2O2.ClH/c1-19-11-13-4-3-9-20(12-13)17(21)8-5-14-10-15(18)6-7-16(14)22-2;/h5-8,10,13,19H,3-4,9,11-12H2,1-2H3;1H/b8-5+;. The Bertz CT molecular complexity index is 549. The molecule has 0 aliphatic carbocycles. The van der Waals surface area contributed by atoms with E-state index in [1.54, 1.807) is 13.2 Å². The average Bonchev–Trinajstić information content (AvgIpc) is 2.53. The van der Waals surface area contributed by atoms with Crippen molar-refractivity contribution >= 4 is 40.3 Å². The Balaban J connectivity index is 0.00000264. The van der Waals surface area contributed by atoms with Crippen molar-refractivity contribution in [3.8, 4) is 5.75 Å². The lowest BCUT2D eigenvalue weighted by Crippen LogP contribution is -2.41. The number of piperidine rings is 1. The van der Waals surface area contributed by atoms with Crippen molar-refractivity contribution < 1.29 is 9.53 Å². The molecule has 0 aromatic heterocycles.